The third-order valence-electron chi connectivity index (χ3n) is 3.78. The Balaban J connectivity index is 1.83. The first-order valence-corrected chi connectivity index (χ1v) is 7.76. The summed E-state index contributed by atoms with van der Waals surface area (Å²) in [6, 6.07) is 0.332. The molecule has 0 spiro atoms. The van der Waals surface area contributed by atoms with Crippen LogP contribution in [0.15, 0.2) is 0 Å². The molecule has 1 amide bonds. The second-order valence-corrected chi connectivity index (χ2v) is 7.02. The van der Waals surface area contributed by atoms with Gasteiger partial charge in [-0.2, -0.15) is 11.8 Å². The number of carbonyl (C=O) groups is 1. The first-order chi connectivity index (χ1) is 8.08. The lowest BCUT2D eigenvalue weighted by Gasteiger charge is -2.18. The minimum Gasteiger partial charge on any atom is -0.392 e. The number of thioether (sulfide) groups is 1. The fraction of sp³-hybridized carbons (Fsp3) is 0.833. The molecular formula is C12H20N2OS2. The van der Waals surface area contributed by atoms with Crippen molar-refractivity contribution in [1.82, 2.24) is 5.32 Å². The van der Waals surface area contributed by atoms with Gasteiger partial charge in [-0.05, 0) is 37.9 Å². The number of hydrogen-bond acceptors (Lipinski definition) is 3. The van der Waals surface area contributed by atoms with Crippen molar-refractivity contribution in [2.24, 2.45) is 11.1 Å². The van der Waals surface area contributed by atoms with E-state index in [4.69, 9.17) is 18.0 Å². The second kappa shape index (κ2) is 5.14. The Morgan fingerprint density at radius 2 is 2.24 bits per heavy atom. The van der Waals surface area contributed by atoms with E-state index in [0.717, 1.165) is 31.4 Å². The quantitative estimate of drug-likeness (QED) is 0.750. The largest absolute Gasteiger partial charge is 0.392 e. The molecule has 0 heterocycles. The summed E-state index contributed by atoms with van der Waals surface area (Å²) in [4.78, 5) is 12.5. The van der Waals surface area contributed by atoms with E-state index in [1.54, 1.807) is 0 Å². The number of carbonyl (C=O) groups excluding carboxylic acids is 1. The minimum absolute atomic E-state index is 0.0668. The highest BCUT2D eigenvalue weighted by atomic mass is 32.2. The molecule has 0 aromatic heterocycles. The molecule has 3 nitrogen and oxygen atoms in total. The first kappa shape index (κ1) is 13.1. The van der Waals surface area contributed by atoms with Crippen LogP contribution in [0.2, 0.25) is 0 Å². The molecule has 0 aliphatic heterocycles. The van der Waals surface area contributed by atoms with Crippen LogP contribution < -0.4 is 11.1 Å². The zero-order valence-electron chi connectivity index (χ0n) is 10.2. The third kappa shape index (κ3) is 2.76. The molecule has 2 atom stereocenters. The molecule has 0 radical (unpaired) electrons. The van der Waals surface area contributed by atoms with E-state index in [9.17, 15) is 4.79 Å². The van der Waals surface area contributed by atoms with E-state index < -0.39 is 5.41 Å². The fourth-order valence-electron chi connectivity index (χ4n) is 2.49. The predicted molar refractivity (Wildman–Crippen MR) is 76.2 cm³/mol. The number of rotatable bonds is 5. The molecule has 0 saturated heterocycles. The second-order valence-electron chi connectivity index (χ2n) is 5.01. The van der Waals surface area contributed by atoms with Crippen LogP contribution in [-0.4, -0.2) is 27.9 Å². The normalized spacial score (nSPS) is 29.9. The van der Waals surface area contributed by atoms with E-state index in [1.165, 1.54) is 6.42 Å². The van der Waals surface area contributed by atoms with Crippen LogP contribution in [0.1, 0.15) is 39.0 Å². The standard InChI is InChI=1S/C12H20N2OS2/c1-2-17-9-4-3-8(7-9)14-11(15)12(5-6-12)10(13)16/h8-9H,2-7H2,1H3,(H2,13,16)(H,14,15). The Morgan fingerprint density at radius 3 is 2.76 bits per heavy atom. The van der Waals surface area contributed by atoms with Gasteiger partial charge >= 0.3 is 0 Å². The van der Waals surface area contributed by atoms with Crippen molar-refractivity contribution in [2.75, 3.05) is 5.75 Å². The number of hydrogen-bond donors (Lipinski definition) is 2. The van der Waals surface area contributed by atoms with Crippen molar-refractivity contribution in [3.63, 3.8) is 0 Å². The Morgan fingerprint density at radius 1 is 1.53 bits per heavy atom. The predicted octanol–water partition coefficient (Wildman–Crippen LogP) is 1.84. The summed E-state index contributed by atoms with van der Waals surface area (Å²) in [5, 5.41) is 3.84. The van der Waals surface area contributed by atoms with Gasteiger partial charge in [0.25, 0.3) is 0 Å². The fourth-order valence-corrected chi connectivity index (χ4v) is 3.93. The Kier molecular flexibility index (Phi) is 3.98. The van der Waals surface area contributed by atoms with E-state index >= 15 is 0 Å². The van der Waals surface area contributed by atoms with Crippen molar-refractivity contribution >= 4 is 34.9 Å². The minimum atomic E-state index is -0.495. The van der Waals surface area contributed by atoms with Gasteiger partial charge < -0.3 is 11.1 Å². The Labute approximate surface area is 112 Å². The molecule has 3 N–H and O–H groups in total. The van der Waals surface area contributed by atoms with Gasteiger partial charge in [-0.15, -0.1) is 0 Å². The highest BCUT2D eigenvalue weighted by Gasteiger charge is 2.53. The lowest BCUT2D eigenvalue weighted by Crippen LogP contribution is -2.43. The van der Waals surface area contributed by atoms with Gasteiger partial charge in [-0.1, -0.05) is 19.1 Å². The summed E-state index contributed by atoms with van der Waals surface area (Å²) in [5.41, 5.74) is 5.15. The summed E-state index contributed by atoms with van der Waals surface area (Å²) >= 11 is 6.99. The topological polar surface area (TPSA) is 55.1 Å². The molecule has 0 aromatic rings. The van der Waals surface area contributed by atoms with Crippen molar-refractivity contribution in [2.45, 2.75) is 50.3 Å². The Hall–Kier alpha value is -0.290. The molecule has 2 fully saturated rings. The van der Waals surface area contributed by atoms with Gasteiger partial charge in [0, 0.05) is 11.3 Å². The van der Waals surface area contributed by atoms with Gasteiger partial charge in [0.05, 0.1) is 10.4 Å². The molecule has 0 bridgehead atoms. The van der Waals surface area contributed by atoms with Crippen molar-refractivity contribution in [1.29, 1.82) is 0 Å². The molecule has 96 valence electrons. The molecule has 17 heavy (non-hydrogen) atoms. The number of nitrogens with one attached hydrogen (secondary N) is 1. The van der Waals surface area contributed by atoms with E-state index in [0.29, 0.717) is 16.3 Å². The summed E-state index contributed by atoms with van der Waals surface area (Å²) in [6.07, 6.45) is 5.06. The van der Waals surface area contributed by atoms with Crippen LogP contribution in [0, 0.1) is 5.41 Å². The van der Waals surface area contributed by atoms with Crippen LogP contribution in [-0.2, 0) is 4.79 Å². The summed E-state index contributed by atoms with van der Waals surface area (Å²) in [7, 11) is 0. The molecule has 2 aliphatic carbocycles. The van der Waals surface area contributed by atoms with E-state index in [-0.39, 0.29) is 5.91 Å². The molecule has 0 aromatic carbocycles. The summed E-state index contributed by atoms with van der Waals surface area (Å²) in [6.45, 7) is 2.18. The highest BCUT2D eigenvalue weighted by molar-refractivity contribution is 7.99. The number of nitrogens with two attached hydrogens (primary N) is 1. The SMILES string of the molecule is CCSC1CCC(NC(=O)C2(C(N)=S)CC2)C1. The van der Waals surface area contributed by atoms with Gasteiger partial charge in [0.2, 0.25) is 5.91 Å². The van der Waals surface area contributed by atoms with Crippen LogP contribution >= 0.6 is 24.0 Å². The number of amides is 1. The zero-order valence-corrected chi connectivity index (χ0v) is 11.8. The first-order valence-electron chi connectivity index (χ1n) is 6.31. The maximum absolute atomic E-state index is 12.1. The van der Waals surface area contributed by atoms with Crippen LogP contribution in [0.3, 0.4) is 0 Å². The maximum atomic E-state index is 12.1. The maximum Gasteiger partial charge on any atom is 0.233 e. The number of thiocarbonyl (C=S) groups is 1. The summed E-state index contributed by atoms with van der Waals surface area (Å²) in [5.74, 6) is 1.22. The van der Waals surface area contributed by atoms with Gasteiger partial charge in [-0.3, -0.25) is 4.79 Å². The van der Waals surface area contributed by atoms with Crippen molar-refractivity contribution in [3.05, 3.63) is 0 Å². The zero-order chi connectivity index (χ0) is 12.5. The van der Waals surface area contributed by atoms with Gasteiger partial charge in [-0.25, -0.2) is 0 Å². The average Bonchev–Trinajstić information content (AvgIpc) is 2.98. The van der Waals surface area contributed by atoms with Crippen LogP contribution in [0.5, 0.6) is 0 Å². The molecular weight excluding hydrogens is 252 g/mol. The molecule has 2 rings (SSSR count). The van der Waals surface area contributed by atoms with Crippen LogP contribution in [0.25, 0.3) is 0 Å². The molecule has 2 saturated carbocycles. The molecule has 5 heteroatoms. The van der Waals surface area contributed by atoms with Crippen LogP contribution in [0.4, 0.5) is 0 Å². The monoisotopic (exact) mass is 272 g/mol. The average molecular weight is 272 g/mol. The van der Waals surface area contributed by atoms with Gasteiger partial charge in [0.1, 0.15) is 0 Å². The molecule has 2 unspecified atom stereocenters. The van der Waals surface area contributed by atoms with Crippen molar-refractivity contribution < 1.29 is 4.79 Å². The smallest absolute Gasteiger partial charge is 0.233 e. The van der Waals surface area contributed by atoms with Gasteiger partial charge in [0.15, 0.2) is 0 Å². The van der Waals surface area contributed by atoms with E-state index in [1.807, 2.05) is 11.8 Å². The molecule has 2 aliphatic rings. The Bertz CT molecular complexity index is 328. The summed E-state index contributed by atoms with van der Waals surface area (Å²) < 4.78 is 0. The van der Waals surface area contributed by atoms with E-state index in [2.05, 4.69) is 12.2 Å². The van der Waals surface area contributed by atoms with Crippen molar-refractivity contribution in [3.8, 4) is 0 Å². The third-order valence-corrected chi connectivity index (χ3v) is 5.40. The lowest BCUT2D eigenvalue weighted by molar-refractivity contribution is -0.124. The lowest BCUT2D eigenvalue weighted by atomic mass is 10.1. The highest BCUT2D eigenvalue weighted by Crippen LogP contribution is 2.46.